The average Bonchev–Trinajstić information content (AvgIpc) is 3.25. The Morgan fingerprint density at radius 3 is 2.39 bits per heavy atom. The third-order valence-electron chi connectivity index (χ3n) is 7.95. The predicted octanol–water partition coefficient (Wildman–Crippen LogP) is 6.39. The lowest BCUT2D eigenvalue weighted by atomic mass is 9.68. The number of methoxy groups -OCH3 is 1. The monoisotopic (exact) mass is 443 g/mol. The summed E-state index contributed by atoms with van der Waals surface area (Å²) in [5.74, 6) is 1.86. The van der Waals surface area contributed by atoms with Crippen molar-refractivity contribution in [3.05, 3.63) is 47.5 Å². The van der Waals surface area contributed by atoms with Gasteiger partial charge in [-0.2, -0.15) is 0 Å². The Labute approximate surface area is 192 Å². The van der Waals surface area contributed by atoms with Crippen LogP contribution in [0.4, 0.5) is 0 Å². The standard InChI is InChI=1S/C27H29N3O3/c1-15-24(16(2)33-29-15)20-13-23-25(28-14-20)21-11-10-19(27(31)32-3)12-22(21)30(23)26(17-6-4-7-17)18-8-5-9-18/h10-14,17-18,26H,4-9H2,1-3H3. The number of hydrogen-bond donors (Lipinski definition) is 0. The van der Waals surface area contributed by atoms with Gasteiger partial charge in [-0.05, 0) is 75.6 Å². The fraction of sp³-hybridized carbons (Fsp3) is 0.444. The highest BCUT2D eigenvalue weighted by atomic mass is 16.5. The molecule has 4 aromatic rings. The molecule has 1 aromatic carbocycles. The largest absolute Gasteiger partial charge is 0.465 e. The smallest absolute Gasteiger partial charge is 0.337 e. The highest BCUT2D eigenvalue weighted by Crippen LogP contribution is 2.50. The first-order chi connectivity index (χ1) is 16.1. The second-order valence-corrected chi connectivity index (χ2v) is 9.76. The first kappa shape index (κ1) is 20.5. The van der Waals surface area contributed by atoms with Gasteiger partial charge in [0.15, 0.2) is 0 Å². The maximum absolute atomic E-state index is 12.4. The minimum absolute atomic E-state index is 0.304. The van der Waals surface area contributed by atoms with Crippen molar-refractivity contribution in [3.63, 3.8) is 0 Å². The van der Waals surface area contributed by atoms with Gasteiger partial charge in [-0.1, -0.05) is 18.0 Å². The molecule has 6 nitrogen and oxygen atoms in total. The SMILES string of the molecule is COC(=O)c1ccc2c3ncc(-c4c(C)noc4C)cc3n(C(C3CCC3)C3CCC3)c2c1. The van der Waals surface area contributed by atoms with Gasteiger partial charge >= 0.3 is 5.97 Å². The Balaban J connectivity index is 1.64. The number of fused-ring (bicyclic) bond motifs is 3. The number of carbonyl (C=O) groups is 1. The molecule has 0 saturated heterocycles. The summed E-state index contributed by atoms with van der Waals surface area (Å²) in [6, 6.07) is 8.56. The normalized spacial score (nSPS) is 17.0. The van der Waals surface area contributed by atoms with Gasteiger partial charge in [-0.3, -0.25) is 4.98 Å². The minimum Gasteiger partial charge on any atom is -0.465 e. The van der Waals surface area contributed by atoms with E-state index in [4.69, 9.17) is 14.2 Å². The zero-order chi connectivity index (χ0) is 22.7. The van der Waals surface area contributed by atoms with Crippen LogP contribution in [0.1, 0.15) is 66.4 Å². The van der Waals surface area contributed by atoms with Crippen molar-refractivity contribution in [2.75, 3.05) is 7.11 Å². The van der Waals surface area contributed by atoms with Gasteiger partial charge in [-0.15, -0.1) is 0 Å². The van der Waals surface area contributed by atoms with Crippen molar-refractivity contribution in [3.8, 4) is 11.1 Å². The molecule has 6 rings (SSSR count). The summed E-state index contributed by atoms with van der Waals surface area (Å²) < 4.78 is 13.0. The third-order valence-corrected chi connectivity index (χ3v) is 7.95. The molecule has 2 aliphatic carbocycles. The lowest BCUT2D eigenvalue weighted by Gasteiger charge is -2.44. The van der Waals surface area contributed by atoms with Gasteiger partial charge < -0.3 is 13.8 Å². The van der Waals surface area contributed by atoms with E-state index in [1.54, 1.807) is 0 Å². The molecule has 0 spiro atoms. The second-order valence-electron chi connectivity index (χ2n) is 9.76. The number of aryl methyl sites for hydroxylation is 2. The van der Waals surface area contributed by atoms with Gasteiger partial charge in [0, 0.05) is 28.8 Å². The lowest BCUT2D eigenvalue weighted by Crippen LogP contribution is -2.34. The van der Waals surface area contributed by atoms with Gasteiger partial charge in [0.2, 0.25) is 0 Å². The van der Waals surface area contributed by atoms with E-state index in [0.29, 0.717) is 23.4 Å². The third kappa shape index (κ3) is 3.10. The molecule has 0 atom stereocenters. The molecule has 6 heteroatoms. The number of benzene rings is 1. The Kier molecular flexibility index (Phi) is 4.78. The van der Waals surface area contributed by atoms with E-state index in [1.807, 2.05) is 38.2 Å². The number of hydrogen-bond acceptors (Lipinski definition) is 5. The van der Waals surface area contributed by atoms with Crippen LogP contribution in [0.5, 0.6) is 0 Å². The number of ether oxygens (including phenoxy) is 1. The maximum atomic E-state index is 12.4. The molecular formula is C27H29N3O3. The van der Waals surface area contributed by atoms with Crippen molar-refractivity contribution < 1.29 is 14.1 Å². The molecule has 2 fully saturated rings. The first-order valence-electron chi connectivity index (χ1n) is 12.0. The number of carbonyl (C=O) groups excluding carboxylic acids is 1. The first-order valence-corrected chi connectivity index (χ1v) is 12.0. The van der Waals surface area contributed by atoms with E-state index in [9.17, 15) is 4.79 Å². The molecule has 0 unspecified atom stereocenters. The Morgan fingerprint density at radius 2 is 1.82 bits per heavy atom. The van der Waals surface area contributed by atoms with E-state index in [1.165, 1.54) is 45.6 Å². The van der Waals surface area contributed by atoms with E-state index >= 15 is 0 Å². The molecule has 0 amide bonds. The van der Waals surface area contributed by atoms with Gasteiger partial charge in [-0.25, -0.2) is 4.79 Å². The fourth-order valence-electron chi connectivity index (χ4n) is 5.87. The van der Waals surface area contributed by atoms with E-state index in [2.05, 4.69) is 15.8 Å². The Hall–Kier alpha value is -3.15. The van der Waals surface area contributed by atoms with E-state index in [0.717, 1.165) is 44.5 Å². The number of pyridine rings is 1. The Bertz CT molecular complexity index is 1340. The zero-order valence-corrected chi connectivity index (χ0v) is 19.4. The van der Waals surface area contributed by atoms with Gasteiger partial charge in [0.1, 0.15) is 5.76 Å². The highest BCUT2D eigenvalue weighted by Gasteiger charge is 2.39. The predicted molar refractivity (Wildman–Crippen MR) is 127 cm³/mol. The van der Waals surface area contributed by atoms with Crippen LogP contribution in [0, 0.1) is 25.7 Å². The van der Waals surface area contributed by atoms with Crippen LogP contribution in [0.15, 0.2) is 35.0 Å². The zero-order valence-electron chi connectivity index (χ0n) is 19.4. The highest BCUT2D eigenvalue weighted by molar-refractivity contribution is 6.08. The summed E-state index contributed by atoms with van der Waals surface area (Å²) >= 11 is 0. The molecule has 0 aliphatic heterocycles. The lowest BCUT2D eigenvalue weighted by molar-refractivity contribution is 0.0601. The number of aromatic nitrogens is 3. The fourth-order valence-corrected chi connectivity index (χ4v) is 5.87. The number of rotatable bonds is 5. The molecule has 0 N–H and O–H groups in total. The number of esters is 1. The molecule has 0 bridgehead atoms. The van der Waals surface area contributed by atoms with Crippen LogP contribution in [-0.2, 0) is 4.74 Å². The second kappa shape index (κ2) is 7.72. The van der Waals surface area contributed by atoms with Crippen LogP contribution < -0.4 is 0 Å². The molecule has 3 aromatic heterocycles. The summed E-state index contributed by atoms with van der Waals surface area (Å²) in [5, 5.41) is 5.24. The van der Waals surface area contributed by atoms with Gasteiger partial charge in [0.05, 0.1) is 34.9 Å². The molecule has 2 aliphatic rings. The van der Waals surface area contributed by atoms with Crippen LogP contribution in [0.3, 0.4) is 0 Å². The molecule has 33 heavy (non-hydrogen) atoms. The quantitative estimate of drug-likeness (QED) is 0.334. The van der Waals surface area contributed by atoms with Crippen LogP contribution in [0.2, 0.25) is 0 Å². The molecule has 2 saturated carbocycles. The van der Waals surface area contributed by atoms with E-state index in [-0.39, 0.29) is 5.97 Å². The van der Waals surface area contributed by atoms with Crippen molar-refractivity contribution in [1.29, 1.82) is 0 Å². The molecule has 170 valence electrons. The topological polar surface area (TPSA) is 70.2 Å². The average molecular weight is 444 g/mol. The van der Waals surface area contributed by atoms with Crippen molar-refractivity contribution in [1.82, 2.24) is 14.7 Å². The Morgan fingerprint density at radius 1 is 1.09 bits per heavy atom. The van der Waals surface area contributed by atoms with Crippen molar-refractivity contribution in [2.24, 2.45) is 11.8 Å². The van der Waals surface area contributed by atoms with Crippen LogP contribution in [-0.4, -0.2) is 27.8 Å². The summed E-state index contributed by atoms with van der Waals surface area (Å²) in [7, 11) is 1.44. The van der Waals surface area contributed by atoms with Crippen LogP contribution >= 0.6 is 0 Å². The minimum atomic E-state index is -0.304. The van der Waals surface area contributed by atoms with E-state index < -0.39 is 0 Å². The van der Waals surface area contributed by atoms with Crippen LogP contribution in [0.25, 0.3) is 33.1 Å². The van der Waals surface area contributed by atoms with Crippen molar-refractivity contribution >= 4 is 27.9 Å². The molecule has 3 heterocycles. The number of nitrogens with zero attached hydrogens (tertiary/aromatic N) is 3. The summed E-state index contributed by atoms with van der Waals surface area (Å²) in [6.07, 6.45) is 9.63. The summed E-state index contributed by atoms with van der Waals surface area (Å²) in [4.78, 5) is 17.3. The molecule has 0 radical (unpaired) electrons. The van der Waals surface area contributed by atoms with Gasteiger partial charge in [0.25, 0.3) is 0 Å². The van der Waals surface area contributed by atoms with Crippen molar-refractivity contribution in [2.45, 2.75) is 58.4 Å². The summed E-state index contributed by atoms with van der Waals surface area (Å²) in [6.45, 7) is 3.92. The summed E-state index contributed by atoms with van der Waals surface area (Å²) in [5.41, 5.74) is 6.70. The maximum Gasteiger partial charge on any atom is 0.337 e. The molecular weight excluding hydrogens is 414 g/mol.